The van der Waals surface area contributed by atoms with Gasteiger partial charge < -0.3 is 4.48 Å². The zero-order valence-corrected chi connectivity index (χ0v) is 23.1. The standard InChI is InChI=1S/C36H28BClN2/c1-27-17-20-29(21-18-27)36(33-24-26-35(38)39-33)34-25-23-32(22-19-28-11-5-2-6-12-28)40(34)37(30-13-7-3-8-14-30)31-15-9-4-10-16-31/h2-18,20-21,23,25H,24,26H2,1H3/b36-33-. The Morgan fingerprint density at radius 3 is 1.88 bits per heavy atom. The highest BCUT2D eigenvalue weighted by Gasteiger charge is 2.29. The maximum Gasteiger partial charge on any atom is 0.328 e. The molecule has 0 radical (unpaired) electrons. The molecule has 4 heteroatoms. The molecule has 0 aliphatic carbocycles. The largest absolute Gasteiger partial charge is 0.369 e. The van der Waals surface area contributed by atoms with Gasteiger partial charge >= 0.3 is 6.85 Å². The Morgan fingerprint density at radius 1 is 0.700 bits per heavy atom. The minimum Gasteiger partial charge on any atom is -0.369 e. The predicted octanol–water partition coefficient (Wildman–Crippen LogP) is 7.04. The summed E-state index contributed by atoms with van der Waals surface area (Å²) in [6.07, 6.45) is 1.56. The van der Waals surface area contributed by atoms with Crippen LogP contribution in [0.15, 0.2) is 138 Å². The summed E-state index contributed by atoms with van der Waals surface area (Å²) in [6, 6.07) is 44.5. The third kappa shape index (κ3) is 5.45. The summed E-state index contributed by atoms with van der Waals surface area (Å²) in [5.41, 5.74) is 9.83. The van der Waals surface area contributed by atoms with Gasteiger partial charge in [0.25, 0.3) is 0 Å². The highest BCUT2D eigenvalue weighted by Crippen LogP contribution is 2.35. The molecule has 0 unspecified atom stereocenters. The maximum atomic E-state index is 6.45. The van der Waals surface area contributed by atoms with Crippen molar-refractivity contribution < 1.29 is 0 Å². The number of aryl methyl sites for hydroxylation is 1. The fraction of sp³-hybridized carbons (Fsp3) is 0.0833. The summed E-state index contributed by atoms with van der Waals surface area (Å²) in [5, 5.41) is 0.657. The van der Waals surface area contributed by atoms with E-state index in [0.29, 0.717) is 5.17 Å². The number of nitrogens with zero attached hydrogens (tertiary/aromatic N) is 2. The number of hydrogen-bond donors (Lipinski definition) is 0. The molecule has 0 amide bonds. The zero-order chi connectivity index (χ0) is 27.3. The molecule has 1 aromatic heterocycles. The smallest absolute Gasteiger partial charge is 0.328 e. The molecule has 1 aliphatic heterocycles. The normalized spacial score (nSPS) is 13.8. The summed E-state index contributed by atoms with van der Waals surface area (Å²) < 4.78 is 2.38. The highest BCUT2D eigenvalue weighted by molar-refractivity contribution is 6.84. The van der Waals surface area contributed by atoms with Gasteiger partial charge in [0.1, 0.15) is 5.17 Å². The quantitative estimate of drug-likeness (QED) is 0.170. The highest BCUT2D eigenvalue weighted by atomic mass is 35.5. The molecule has 0 atom stereocenters. The van der Waals surface area contributed by atoms with Crippen molar-refractivity contribution in [2.75, 3.05) is 0 Å². The number of rotatable bonds is 5. The van der Waals surface area contributed by atoms with Gasteiger partial charge in [-0.15, -0.1) is 0 Å². The van der Waals surface area contributed by atoms with E-state index in [2.05, 4.69) is 120 Å². The molecule has 0 saturated heterocycles. The van der Waals surface area contributed by atoms with Crippen LogP contribution in [-0.4, -0.2) is 16.5 Å². The summed E-state index contributed by atoms with van der Waals surface area (Å²) >= 11 is 6.45. The number of halogens is 1. The van der Waals surface area contributed by atoms with Gasteiger partial charge in [-0.25, -0.2) is 4.99 Å². The van der Waals surface area contributed by atoms with Crippen molar-refractivity contribution in [1.29, 1.82) is 0 Å². The van der Waals surface area contributed by atoms with E-state index in [0.717, 1.165) is 46.6 Å². The Bertz CT molecular complexity index is 1700. The van der Waals surface area contributed by atoms with Gasteiger partial charge in [0.05, 0.1) is 11.4 Å². The molecule has 0 bridgehead atoms. The molecule has 192 valence electrons. The Hall–Kier alpha value is -4.52. The van der Waals surface area contributed by atoms with Crippen molar-refractivity contribution in [2.45, 2.75) is 19.8 Å². The summed E-state index contributed by atoms with van der Waals surface area (Å²) in [4.78, 5) is 4.83. The molecule has 4 aromatic carbocycles. The topological polar surface area (TPSA) is 17.3 Å². The fourth-order valence-electron chi connectivity index (χ4n) is 5.29. The molecule has 2 heterocycles. The lowest BCUT2D eigenvalue weighted by molar-refractivity contribution is 1.06. The molecule has 5 aromatic rings. The van der Waals surface area contributed by atoms with Crippen LogP contribution in [-0.2, 0) is 0 Å². The van der Waals surface area contributed by atoms with Crippen molar-refractivity contribution in [1.82, 2.24) is 4.48 Å². The molecule has 40 heavy (non-hydrogen) atoms. The number of aromatic nitrogens is 1. The Morgan fingerprint density at radius 2 is 1.30 bits per heavy atom. The summed E-state index contributed by atoms with van der Waals surface area (Å²) in [7, 11) is 0. The third-order valence-electron chi connectivity index (χ3n) is 7.22. The SMILES string of the molecule is Cc1ccc(/C(=C2\CCC(Cl)=N2)c2ccc(C#Cc3ccccc3)n2B(c2ccccc2)c2ccccc2)cc1. The molecule has 6 rings (SSSR count). The third-order valence-corrected chi connectivity index (χ3v) is 7.50. The van der Waals surface area contributed by atoms with Crippen LogP contribution in [0.25, 0.3) is 5.57 Å². The predicted molar refractivity (Wildman–Crippen MR) is 170 cm³/mol. The second kappa shape index (κ2) is 11.7. The summed E-state index contributed by atoms with van der Waals surface area (Å²) in [5.74, 6) is 6.91. The molecule has 0 fully saturated rings. The first-order chi connectivity index (χ1) is 19.7. The summed E-state index contributed by atoms with van der Waals surface area (Å²) in [6.45, 7) is 2.02. The van der Waals surface area contributed by atoms with Gasteiger partial charge in [-0.05, 0) is 49.1 Å². The van der Waals surface area contributed by atoms with Crippen molar-refractivity contribution >= 4 is 40.1 Å². The van der Waals surface area contributed by atoms with Crippen LogP contribution in [0, 0.1) is 18.8 Å². The van der Waals surface area contributed by atoms with E-state index in [-0.39, 0.29) is 6.85 Å². The van der Waals surface area contributed by atoms with Gasteiger partial charge in [0.2, 0.25) is 0 Å². The zero-order valence-electron chi connectivity index (χ0n) is 22.4. The van der Waals surface area contributed by atoms with Crippen LogP contribution in [0.1, 0.15) is 40.9 Å². The molecular weight excluding hydrogens is 507 g/mol. The second-order valence-corrected chi connectivity index (χ2v) is 10.4. The Labute approximate surface area is 241 Å². The second-order valence-electron chi connectivity index (χ2n) is 9.99. The van der Waals surface area contributed by atoms with Crippen LogP contribution in [0.3, 0.4) is 0 Å². The van der Waals surface area contributed by atoms with E-state index in [1.165, 1.54) is 16.5 Å². The van der Waals surface area contributed by atoms with Crippen molar-refractivity contribution in [3.05, 3.63) is 161 Å². The number of benzene rings is 4. The van der Waals surface area contributed by atoms with E-state index in [1.54, 1.807) is 0 Å². The van der Waals surface area contributed by atoms with Crippen molar-refractivity contribution in [2.24, 2.45) is 4.99 Å². The Balaban J connectivity index is 1.65. The molecule has 2 nitrogen and oxygen atoms in total. The first-order valence-electron chi connectivity index (χ1n) is 13.6. The lowest BCUT2D eigenvalue weighted by atomic mass is 9.50. The molecule has 0 N–H and O–H groups in total. The van der Waals surface area contributed by atoms with Crippen LogP contribution in [0.4, 0.5) is 0 Å². The molecule has 1 aliphatic rings. The number of allylic oxidation sites excluding steroid dienone is 1. The van der Waals surface area contributed by atoms with E-state index in [9.17, 15) is 0 Å². The van der Waals surface area contributed by atoms with Gasteiger partial charge in [-0.3, -0.25) is 0 Å². The minimum atomic E-state index is -0.0885. The monoisotopic (exact) mass is 534 g/mol. The van der Waals surface area contributed by atoms with Crippen LogP contribution in [0.5, 0.6) is 0 Å². The first kappa shape index (κ1) is 25.7. The van der Waals surface area contributed by atoms with E-state index in [4.69, 9.17) is 16.6 Å². The number of aliphatic imine (C=N–C) groups is 1. The van der Waals surface area contributed by atoms with Crippen LogP contribution >= 0.6 is 11.6 Å². The van der Waals surface area contributed by atoms with E-state index in [1.807, 2.05) is 30.3 Å². The Kier molecular flexibility index (Phi) is 7.53. The van der Waals surface area contributed by atoms with E-state index < -0.39 is 0 Å². The average Bonchev–Trinajstić information content (AvgIpc) is 3.61. The van der Waals surface area contributed by atoms with Crippen molar-refractivity contribution in [3.8, 4) is 11.8 Å². The van der Waals surface area contributed by atoms with Crippen LogP contribution < -0.4 is 10.9 Å². The van der Waals surface area contributed by atoms with Crippen molar-refractivity contribution in [3.63, 3.8) is 0 Å². The van der Waals surface area contributed by atoms with E-state index >= 15 is 0 Å². The fourth-order valence-corrected chi connectivity index (χ4v) is 5.49. The van der Waals surface area contributed by atoms with Crippen LogP contribution in [0.2, 0.25) is 0 Å². The molecule has 0 saturated carbocycles. The lowest BCUT2D eigenvalue weighted by Gasteiger charge is -2.23. The molecule has 0 spiro atoms. The minimum absolute atomic E-state index is 0.0885. The number of hydrogen-bond acceptors (Lipinski definition) is 1. The van der Waals surface area contributed by atoms with Gasteiger partial charge in [0.15, 0.2) is 0 Å². The molecular formula is C36H28BClN2. The van der Waals surface area contributed by atoms with Gasteiger partial charge in [0, 0.05) is 23.3 Å². The maximum absolute atomic E-state index is 6.45. The average molecular weight is 535 g/mol. The van der Waals surface area contributed by atoms with Gasteiger partial charge in [-0.1, -0.05) is 137 Å². The van der Waals surface area contributed by atoms with Gasteiger partial charge in [-0.2, -0.15) is 0 Å². The first-order valence-corrected chi connectivity index (χ1v) is 14.0. The lowest BCUT2D eigenvalue weighted by Crippen LogP contribution is -2.49.